The first-order valence-electron chi connectivity index (χ1n) is 22.2. The fourth-order valence-corrected chi connectivity index (χ4v) is 12.2. The van der Waals surface area contributed by atoms with Gasteiger partial charge in [0.1, 0.15) is 12.1 Å². The van der Waals surface area contributed by atoms with E-state index >= 15 is 0 Å². The third-order valence-electron chi connectivity index (χ3n) is 15.4. The van der Waals surface area contributed by atoms with Crippen LogP contribution in [0, 0.1) is 17.8 Å². The highest BCUT2D eigenvalue weighted by Gasteiger charge is 2.54. The van der Waals surface area contributed by atoms with Gasteiger partial charge in [0.25, 0.3) is 0 Å². The number of urea groups is 1. The molecule has 9 fully saturated rings. The molecule has 0 aromatic rings. The van der Waals surface area contributed by atoms with Gasteiger partial charge in [-0.1, -0.05) is 0 Å². The molecule has 58 heavy (non-hydrogen) atoms. The summed E-state index contributed by atoms with van der Waals surface area (Å²) in [5, 5.41) is 12.0. The maximum absolute atomic E-state index is 13.5. The van der Waals surface area contributed by atoms with Crippen LogP contribution in [0.4, 0.5) is 4.79 Å². The Hall–Kier alpha value is -3.26. The SMILES string of the molecule is CN1CCN([C@@H]2CCCN(C3CNC(C(N)=O)C(NC4CC5CN(CC6CCN(C7CCC8C(=O)N([C@@H]9CCC(=O)NC9=O)C(=O)C8C7)CC6)CCN5N4)C3)C2)C1=O. The van der Waals surface area contributed by atoms with E-state index in [9.17, 15) is 28.8 Å². The number of hydrogen-bond donors (Lipinski definition) is 5. The molecule has 0 bridgehead atoms. The minimum absolute atomic E-state index is 0.0562. The van der Waals surface area contributed by atoms with Crippen molar-refractivity contribution in [2.45, 2.75) is 119 Å². The Morgan fingerprint density at radius 2 is 1.59 bits per heavy atom. The molecule has 9 aliphatic rings. The quantitative estimate of drug-likeness (QED) is 0.159. The molecule has 0 aromatic carbocycles. The van der Waals surface area contributed by atoms with Gasteiger partial charge in [0.2, 0.25) is 29.5 Å². The predicted octanol–water partition coefficient (Wildman–Crippen LogP) is -2.12. The van der Waals surface area contributed by atoms with Crippen molar-refractivity contribution < 1.29 is 28.8 Å². The molecule has 10 atom stereocenters. The van der Waals surface area contributed by atoms with Gasteiger partial charge in [0.05, 0.1) is 18.0 Å². The summed E-state index contributed by atoms with van der Waals surface area (Å²) < 4.78 is 0. The number of fused-ring (bicyclic) bond motifs is 2. The highest BCUT2D eigenvalue weighted by molar-refractivity contribution is 6.10. The molecule has 8 saturated heterocycles. The van der Waals surface area contributed by atoms with Gasteiger partial charge in [-0.25, -0.2) is 15.2 Å². The monoisotopic (exact) mass is 809 g/mol. The summed E-state index contributed by atoms with van der Waals surface area (Å²) in [4.78, 5) is 89.2. The average molecular weight is 809 g/mol. The standard InChI is InChI=1S/C40H64N12O6/c1-46-13-15-50(40(46)58)26-3-2-10-49(23-26)27-18-31(35(36(41)54)42-20-27)43-33-19-28-22-47(14-16-51(28)45-33)21-24-8-11-48(12-9-24)25-4-5-29-30(17-25)39(57)52(38(29)56)32-6-7-34(53)44-37(32)55/h24-33,35,42-43,45H,2-23H2,1H3,(H2,41,54)(H,44,53,55)/t25?,26-,27?,28?,29?,30?,31?,32-,33?,35?/m1/s1. The number of amides is 7. The number of nitrogens with two attached hydrogens (primary N) is 1. The lowest BCUT2D eigenvalue weighted by molar-refractivity contribution is -0.151. The van der Waals surface area contributed by atoms with Crippen LogP contribution in [-0.2, 0) is 24.0 Å². The van der Waals surface area contributed by atoms with Crippen LogP contribution >= 0.6 is 0 Å². The number of likely N-dealkylation sites (N-methyl/N-ethyl adjacent to an activating group) is 1. The average Bonchev–Trinajstić information content (AvgIpc) is 3.86. The normalized spacial score (nSPS) is 39.1. The van der Waals surface area contributed by atoms with E-state index in [1.165, 1.54) is 4.90 Å². The number of carbonyl (C=O) groups excluding carboxylic acids is 6. The zero-order valence-corrected chi connectivity index (χ0v) is 34.1. The summed E-state index contributed by atoms with van der Waals surface area (Å²) in [5.41, 5.74) is 9.67. The van der Waals surface area contributed by atoms with Crippen LogP contribution in [0.15, 0.2) is 0 Å². The van der Waals surface area contributed by atoms with Crippen LogP contribution in [0.5, 0.6) is 0 Å². The molecule has 8 heterocycles. The molecule has 18 heteroatoms. The Kier molecular flexibility index (Phi) is 11.5. The van der Waals surface area contributed by atoms with Crippen LogP contribution < -0.4 is 27.1 Å². The maximum atomic E-state index is 13.5. The van der Waals surface area contributed by atoms with Gasteiger partial charge in [-0.3, -0.25) is 44.4 Å². The van der Waals surface area contributed by atoms with Crippen molar-refractivity contribution in [1.82, 2.24) is 55.8 Å². The van der Waals surface area contributed by atoms with Crippen molar-refractivity contribution in [2.75, 3.05) is 79.0 Å². The van der Waals surface area contributed by atoms with E-state index in [1.807, 2.05) is 16.8 Å². The van der Waals surface area contributed by atoms with E-state index in [4.69, 9.17) is 5.73 Å². The first-order chi connectivity index (χ1) is 28.0. The minimum Gasteiger partial charge on any atom is -0.368 e. The highest BCUT2D eigenvalue weighted by atomic mass is 16.2. The summed E-state index contributed by atoms with van der Waals surface area (Å²) in [7, 11) is 1.88. The Morgan fingerprint density at radius 3 is 2.34 bits per heavy atom. The number of piperidine rings is 4. The topological polar surface area (TPSA) is 199 Å². The van der Waals surface area contributed by atoms with Gasteiger partial charge >= 0.3 is 6.03 Å². The Morgan fingerprint density at radius 1 is 0.776 bits per heavy atom. The van der Waals surface area contributed by atoms with Crippen molar-refractivity contribution >= 4 is 35.6 Å². The number of nitrogens with zero attached hydrogens (tertiary/aromatic N) is 7. The summed E-state index contributed by atoms with van der Waals surface area (Å²) >= 11 is 0. The first kappa shape index (κ1) is 40.2. The first-order valence-corrected chi connectivity index (χ1v) is 22.2. The van der Waals surface area contributed by atoms with Crippen molar-refractivity contribution in [1.29, 1.82) is 0 Å². The highest BCUT2D eigenvalue weighted by Crippen LogP contribution is 2.42. The van der Waals surface area contributed by atoms with Crippen LogP contribution in [0.3, 0.4) is 0 Å². The third-order valence-corrected chi connectivity index (χ3v) is 15.4. The molecule has 0 radical (unpaired) electrons. The number of hydrogen-bond acceptors (Lipinski definition) is 13. The molecule has 6 N–H and O–H groups in total. The number of carbonyl (C=O) groups is 6. The molecule has 18 nitrogen and oxygen atoms in total. The Labute approximate surface area is 341 Å². The fraction of sp³-hybridized carbons (Fsp3) is 0.850. The molecule has 1 saturated carbocycles. The Balaban J connectivity index is 0.729. The predicted molar refractivity (Wildman–Crippen MR) is 211 cm³/mol. The van der Waals surface area contributed by atoms with E-state index in [-0.39, 0.29) is 84.7 Å². The van der Waals surface area contributed by atoms with E-state index in [0.29, 0.717) is 31.3 Å². The van der Waals surface area contributed by atoms with Crippen LogP contribution in [-0.4, -0.2) is 197 Å². The van der Waals surface area contributed by atoms with Crippen LogP contribution in [0.25, 0.3) is 0 Å². The summed E-state index contributed by atoms with van der Waals surface area (Å²) in [6.07, 6.45) is 8.71. The van der Waals surface area contributed by atoms with Crippen molar-refractivity contribution in [2.24, 2.45) is 23.5 Å². The molecule has 8 aliphatic heterocycles. The van der Waals surface area contributed by atoms with Gasteiger partial charge in [-0.15, -0.1) is 0 Å². The largest absolute Gasteiger partial charge is 0.368 e. The molecule has 0 spiro atoms. The number of hydrazine groups is 1. The smallest absolute Gasteiger partial charge is 0.320 e. The number of likely N-dealkylation sites (tertiary alicyclic amines) is 3. The number of imide groups is 2. The molecule has 8 unspecified atom stereocenters. The number of rotatable bonds is 9. The van der Waals surface area contributed by atoms with Gasteiger partial charge in [0.15, 0.2) is 0 Å². The van der Waals surface area contributed by atoms with E-state index in [0.717, 1.165) is 110 Å². The van der Waals surface area contributed by atoms with Crippen LogP contribution in [0.1, 0.15) is 70.6 Å². The van der Waals surface area contributed by atoms with E-state index < -0.39 is 18.0 Å². The lowest BCUT2D eigenvalue weighted by Crippen LogP contribution is -2.67. The zero-order chi connectivity index (χ0) is 40.2. The molecule has 1 aliphatic carbocycles. The molecule has 9 rings (SSSR count). The van der Waals surface area contributed by atoms with Gasteiger partial charge in [-0.05, 0) is 89.8 Å². The van der Waals surface area contributed by atoms with Crippen molar-refractivity contribution in [3.05, 3.63) is 0 Å². The Bertz CT molecular complexity index is 1630. The van der Waals surface area contributed by atoms with Crippen molar-refractivity contribution in [3.8, 4) is 0 Å². The lowest BCUT2D eigenvalue weighted by atomic mass is 9.77. The van der Waals surface area contributed by atoms with E-state index in [1.54, 1.807) is 0 Å². The number of nitrogens with one attached hydrogen (secondary N) is 4. The molecular formula is C40H64N12O6. The second-order valence-electron chi connectivity index (χ2n) is 18.8. The lowest BCUT2D eigenvalue weighted by Gasteiger charge is -2.46. The molecular weight excluding hydrogens is 745 g/mol. The van der Waals surface area contributed by atoms with Gasteiger partial charge in [0, 0.05) is 96.0 Å². The second kappa shape index (κ2) is 16.7. The zero-order valence-electron chi connectivity index (χ0n) is 34.1. The van der Waals surface area contributed by atoms with Crippen LogP contribution in [0.2, 0.25) is 0 Å². The third kappa shape index (κ3) is 7.89. The second-order valence-corrected chi connectivity index (χ2v) is 18.8. The minimum atomic E-state index is -0.867. The van der Waals surface area contributed by atoms with Gasteiger partial charge in [-0.2, -0.15) is 0 Å². The molecule has 320 valence electrons. The summed E-state index contributed by atoms with van der Waals surface area (Å²) in [5.74, 6) is -1.78. The number of primary amides is 1. The fourth-order valence-electron chi connectivity index (χ4n) is 12.2. The molecule has 7 amide bonds. The van der Waals surface area contributed by atoms with E-state index in [2.05, 4.69) is 41.1 Å². The number of piperazine rings is 1. The van der Waals surface area contributed by atoms with Crippen molar-refractivity contribution in [3.63, 3.8) is 0 Å². The maximum Gasteiger partial charge on any atom is 0.320 e. The van der Waals surface area contributed by atoms with Gasteiger partial charge < -0.3 is 30.7 Å². The summed E-state index contributed by atoms with van der Waals surface area (Å²) in [6.45, 7) is 10.2. The molecule has 0 aromatic heterocycles. The summed E-state index contributed by atoms with van der Waals surface area (Å²) in [6, 6.07) is -0.124.